The second-order valence-electron chi connectivity index (χ2n) is 7.18. The van der Waals surface area contributed by atoms with Gasteiger partial charge in [0.05, 0.1) is 7.11 Å². The fraction of sp³-hybridized carbons (Fsp3) is 0.348. The van der Waals surface area contributed by atoms with Gasteiger partial charge in [0, 0.05) is 5.56 Å². The molecule has 2 atom stereocenters. The minimum atomic E-state index is -1.57. The molecule has 7 heteroatoms. The van der Waals surface area contributed by atoms with E-state index in [1.54, 1.807) is 31.2 Å². The molecule has 7 nitrogen and oxygen atoms in total. The maximum atomic E-state index is 11.6. The molecule has 3 rings (SSSR count). The van der Waals surface area contributed by atoms with E-state index < -0.39 is 29.2 Å². The zero-order valence-corrected chi connectivity index (χ0v) is 17.1. The summed E-state index contributed by atoms with van der Waals surface area (Å²) in [6.07, 6.45) is -0.691. The molecule has 2 amide bonds. The van der Waals surface area contributed by atoms with Crippen molar-refractivity contribution >= 4 is 18.0 Å². The lowest BCUT2D eigenvalue weighted by atomic mass is 9.94. The largest absolute Gasteiger partial charge is 0.467 e. The van der Waals surface area contributed by atoms with Gasteiger partial charge in [0.2, 0.25) is 5.60 Å². The van der Waals surface area contributed by atoms with Crippen molar-refractivity contribution in [3.63, 3.8) is 0 Å². The second-order valence-corrected chi connectivity index (χ2v) is 7.18. The first kappa shape index (κ1) is 24.8. The number of rotatable bonds is 3. The molecule has 2 aromatic carbocycles. The van der Waals surface area contributed by atoms with E-state index in [0.29, 0.717) is 11.1 Å². The lowest BCUT2D eigenvalue weighted by Gasteiger charge is -2.20. The highest BCUT2D eigenvalue weighted by Gasteiger charge is 2.46. The van der Waals surface area contributed by atoms with Crippen LogP contribution in [0.25, 0.3) is 0 Å². The molecule has 1 heterocycles. The Labute approximate surface area is 177 Å². The number of esters is 1. The van der Waals surface area contributed by atoms with Crippen molar-refractivity contribution < 1.29 is 29.0 Å². The van der Waals surface area contributed by atoms with Crippen molar-refractivity contribution in [2.24, 2.45) is 0 Å². The third-order valence-electron chi connectivity index (χ3n) is 4.68. The van der Waals surface area contributed by atoms with E-state index in [4.69, 9.17) is 4.74 Å². The number of aryl methyl sites for hydroxylation is 2. The van der Waals surface area contributed by atoms with Crippen LogP contribution in [0.3, 0.4) is 0 Å². The van der Waals surface area contributed by atoms with Crippen molar-refractivity contribution in [2.75, 3.05) is 7.11 Å². The smallest absolute Gasteiger partial charge is 0.415 e. The molecule has 0 unspecified atom stereocenters. The Morgan fingerprint density at radius 1 is 1.10 bits per heavy atom. The van der Waals surface area contributed by atoms with Crippen LogP contribution >= 0.6 is 0 Å². The highest BCUT2D eigenvalue weighted by Crippen LogP contribution is 2.30. The summed E-state index contributed by atoms with van der Waals surface area (Å²) in [5.41, 5.74) is 0.482. The van der Waals surface area contributed by atoms with Gasteiger partial charge in [-0.15, -0.1) is 0 Å². The van der Waals surface area contributed by atoms with Crippen LogP contribution < -0.4 is 5.32 Å². The van der Waals surface area contributed by atoms with Gasteiger partial charge in [-0.3, -0.25) is 10.1 Å². The Hall–Kier alpha value is -3.19. The van der Waals surface area contributed by atoms with Gasteiger partial charge < -0.3 is 14.6 Å². The minimum absolute atomic E-state index is 0. The molecule has 1 saturated heterocycles. The van der Waals surface area contributed by atoms with Crippen LogP contribution in [0.4, 0.5) is 4.79 Å². The molecule has 1 fully saturated rings. The summed E-state index contributed by atoms with van der Waals surface area (Å²) in [4.78, 5) is 33.8. The van der Waals surface area contributed by atoms with Crippen molar-refractivity contribution in [2.45, 2.75) is 46.3 Å². The van der Waals surface area contributed by atoms with Gasteiger partial charge in [-0.2, -0.15) is 0 Å². The molecule has 2 N–H and O–H groups in total. The topological polar surface area (TPSA) is 102 Å². The summed E-state index contributed by atoms with van der Waals surface area (Å²) in [5.74, 6) is -1.07. The Kier molecular flexibility index (Phi) is 7.90. The fourth-order valence-electron chi connectivity index (χ4n) is 2.87. The number of cyclic esters (lactones) is 1. The maximum Gasteiger partial charge on any atom is 0.415 e. The number of hydrogen-bond donors (Lipinski definition) is 2. The predicted molar refractivity (Wildman–Crippen MR) is 113 cm³/mol. The number of methoxy groups -OCH3 is 1. The molecular formula is C23H29NO6. The predicted octanol–water partition coefficient (Wildman–Crippen LogP) is 3.49. The molecular weight excluding hydrogens is 386 g/mol. The Morgan fingerprint density at radius 3 is 2.13 bits per heavy atom. The molecule has 0 spiro atoms. The van der Waals surface area contributed by atoms with E-state index >= 15 is 0 Å². The van der Waals surface area contributed by atoms with Crippen LogP contribution in [0.5, 0.6) is 0 Å². The average Bonchev–Trinajstić information content (AvgIpc) is 2.94. The van der Waals surface area contributed by atoms with E-state index in [0.717, 1.165) is 11.1 Å². The standard InChI is InChI=1S/C11H11NO3.C11H14O3.CH4/c1-7-4-3-5-8(6-7)11(2)9(13)12-10(14)15-11;1-8-5-4-6-9(7-8)11(2,13)10(12)14-3;/h3-6H,1-2H3,(H,12,13,14);4-7,13H,1-3H3;1H4/t2*11-;/m11./s1. The van der Waals surface area contributed by atoms with Crippen molar-refractivity contribution in [3.8, 4) is 0 Å². The molecule has 1 aliphatic rings. The highest BCUT2D eigenvalue weighted by atomic mass is 16.6. The molecule has 30 heavy (non-hydrogen) atoms. The number of aliphatic hydroxyl groups is 1. The van der Waals surface area contributed by atoms with Gasteiger partial charge in [0.15, 0.2) is 5.60 Å². The summed E-state index contributed by atoms with van der Waals surface area (Å²) in [6, 6.07) is 14.5. The first-order valence-corrected chi connectivity index (χ1v) is 9.00. The van der Waals surface area contributed by atoms with E-state index in [1.807, 2.05) is 38.1 Å². The maximum absolute atomic E-state index is 11.6. The zero-order chi connectivity index (χ0) is 21.8. The van der Waals surface area contributed by atoms with Crippen LogP contribution in [0, 0.1) is 13.8 Å². The first-order valence-electron chi connectivity index (χ1n) is 9.00. The van der Waals surface area contributed by atoms with Gasteiger partial charge in [-0.25, -0.2) is 9.59 Å². The summed E-state index contributed by atoms with van der Waals surface area (Å²) in [7, 11) is 1.26. The molecule has 0 aromatic heterocycles. The molecule has 1 aliphatic heterocycles. The Bertz CT molecular complexity index is 937. The minimum Gasteiger partial charge on any atom is -0.467 e. The van der Waals surface area contributed by atoms with Crippen LogP contribution in [-0.4, -0.2) is 30.2 Å². The quantitative estimate of drug-likeness (QED) is 0.744. The molecule has 0 radical (unpaired) electrons. The molecule has 2 aromatic rings. The van der Waals surface area contributed by atoms with Crippen LogP contribution in [0.1, 0.15) is 43.5 Å². The Morgan fingerprint density at radius 2 is 1.67 bits per heavy atom. The zero-order valence-electron chi connectivity index (χ0n) is 17.1. The van der Waals surface area contributed by atoms with Gasteiger partial charge in [0.25, 0.3) is 5.91 Å². The second kappa shape index (κ2) is 9.54. The molecule has 0 saturated carbocycles. The number of ether oxygens (including phenoxy) is 2. The summed E-state index contributed by atoms with van der Waals surface area (Å²) < 4.78 is 9.52. The van der Waals surface area contributed by atoms with Crippen molar-refractivity contribution in [1.82, 2.24) is 5.32 Å². The van der Waals surface area contributed by atoms with Gasteiger partial charge in [0.1, 0.15) is 0 Å². The number of hydrogen-bond acceptors (Lipinski definition) is 6. The molecule has 0 bridgehead atoms. The van der Waals surface area contributed by atoms with Gasteiger partial charge in [-0.1, -0.05) is 67.1 Å². The van der Waals surface area contributed by atoms with E-state index in [9.17, 15) is 19.5 Å². The number of carbonyl (C=O) groups is 3. The van der Waals surface area contributed by atoms with E-state index in [2.05, 4.69) is 10.1 Å². The number of benzene rings is 2. The number of imide groups is 1. The molecule has 0 aliphatic carbocycles. The third kappa shape index (κ3) is 5.24. The van der Waals surface area contributed by atoms with Crippen LogP contribution in [0.2, 0.25) is 0 Å². The van der Waals surface area contributed by atoms with E-state index in [1.165, 1.54) is 14.0 Å². The molecule has 162 valence electrons. The monoisotopic (exact) mass is 415 g/mol. The highest BCUT2D eigenvalue weighted by molar-refractivity contribution is 6.03. The van der Waals surface area contributed by atoms with E-state index in [-0.39, 0.29) is 7.43 Å². The lowest BCUT2D eigenvalue weighted by Crippen LogP contribution is -2.33. The normalized spacial score (nSPS) is 19.3. The summed E-state index contributed by atoms with van der Waals surface area (Å²) in [6.45, 7) is 6.83. The third-order valence-corrected chi connectivity index (χ3v) is 4.68. The summed E-state index contributed by atoms with van der Waals surface area (Å²) >= 11 is 0. The first-order chi connectivity index (χ1) is 13.5. The fourth-order valence-corrected chi connectivity index (χ4v) is 2.87. The van der Waals surface area contributed by atoms with Crippen LogP contribution in [-0.2, 0) is 30.3 Å². The van der Waals surface area contributed by atoms with Crippen molar-refractivity contribution in [1.29, 1.82) is 0 Å². The number of nitrogens with one attached hydrogen (secondary N) is 1. The van der Waals surface area contributed by atoms with Gasteiger partial charge in [-0.05, 0) is 33.3 Å². The number of alkyl carbamates (subject to hydrolysis) is 1. The van der Waals surface area contributed by atoms with Gasteiger partial charge >= 0.3 is 12.1 Å². The Balaban J connectivity index is 0.000000291. The average molecular weight is 415 g/mol. The number of carbonyl (C=O) groups excluding carboxylic acids is 3. The number of amides is 2. The lowest BCUT2D eigenvalue weighted by molar-refractivity contribution is -0.161. The van der Waals surface area contributed by atoms with Crippen molar-refractivity contribution in [3.05, 3.63) is 70.8 Å². The van der Waals surface area contributed by atoms with Crippen LogP contribution in [0.15, 0.2) is 48.5 Å². The SMILES string of the molecule is C.COC(=O)[C@](C)(O)c1cccc(C)c1.Cc1cccc([C@@]2(C)OC(=O)NC2=O)c1. The summed E-state index contributed by atoms with van der Waals surface area (Å²) in [5, 5.41) is 12.0.